The quantitative estimate of drug-likeness (QED) is 0.263. The molecule has 0 spiro atoms. The van der Waals surface area contributed by atoms with Crippen LogP contribution in [0.2, 0.25) is 0 Å². The number of thiol groups is 1. The van der Waals surface area contributed by atoms with Crippen molar-refractivity contribution in [3.8, 4) is 5.75 Å². The van der Waals surface area contributed by atoms with E-state index in [1.54, 1.807) is 6.92 Å². The Hall–Kier alpha value is -2.41. The van der Waals surface area contributed by atoms with Crippen LogP contribution in [0.4, 0.5) is 4.79 Å². The van der Waals surface area contributed by atoms with Gasteiger partial charge in [0.15, 0.2) is 0 Å². The summed E-state index contributed by atoms with van der Waals surface area (Å²) in [6, 6.07) is 7.61. The second-order valence-corrected chi connectivity index (χ2v) is 6.99. The average Bonchev–Trinajstić information content (AvgIpc) is 2.67. The Morgan fingerprint density at radius 1 is 1.07 bits per heavy atom. The van der Waals surface area contributed by atoms with Crippen molar-refractivity contribution in [2.45, 2.75) is 27.7 Å². The first kappa shape index (κ1) is 23.6. The summed E-state index contributed by atoms with van der Waals surface area (Å²) >= 11 is 4.59. The van der Waals surface area contributed by atoms with Crippen LogP contribution in [0.25, 0.3) is 4.91 Å². The summed E-state index contributed by atoms with van der Waals surface area (Å²) in [5, 5.41) is 2.48. The molecule has 1 aromatic rings. The molecule has 28 heavy (non-hydrogen) atoms. The second kappa shape index (κ2) is 12.1. The number of hydrogen-bond acceptors (Lipinski definition) is 6. The van der Waals surface area contributed by atoms with Crippen molar-refractivity contribution in [2.75, 3.05) is 26.4 Å². The molecule has 0 saturated heterocycles. The van der Waals surface area contributed by atoms with E-state index in [1.807, 2.05) is 24.3 Å². The van der Waals surface area contributed by atoms with E-state index in [2.05, 4.69) is 45.3 Å². The molecule has 0 radical (unpaired) electrons. The van der Waals surface area contributed by atoms with Gasteiger partial charge in [-0.25, -0.2) is 9.59 Å². The number of ether oxygens (including phenoxy) is 3. The maximum absolute atomic E-state index is 11.5. The number of nitrogens with one attached hydrogen (secondary N) is 1. The van der Waals surface area contributed by atoms with Gasteiger partial charge < -0.3 is 19.5 Å². The normalized spacial score (nSPS) is 11.5. The molecule has 0 aliphatic rings. The van der Waals surface area contributed by atoms with E-state index in [4.69, 9.17) is 14.2 Å². The van der Waals surface area contributed by atoms with E-state index in [-0.39, 0.29) is 26.4 Å². The smallest absolute Gasteiger partial charge is 0.407 e. The Balaban J connectivity index is 2.27. The zero-order valence-electron chi connectivity index (χ0n) is 16.9. The van der Waals surface area contributed by atoms with Gasteiger partial charge in [-0.2, -0.15) is 0 Å². The molecule has 0 bridgehead atoms. The van der Waals surface area contributed by atoms with E-state index in [1.165, 1.54) is 5.57 Å². The van der Waals surface area contributed by atoms with Gasteiger partial charge in [-0.1, -0.05) is 38.1 Å². The number of hydrogen-bond donors (Lipinski definition) is 2. The molecule has 0 fully saturated rings. The SMILES string of the molecule is C=C(C)C(=O)OCCNC(=O)OCCOc1ccc(/C(S)=C(/C)C(C)C)cc1. The highest BCUT2D eigenvalue weighted by Crippen LogP contribution is 2.28. The van der Waals surface area contributed by atoms with Crippen molar-refractivity contribution in [1.82, 2.24) is 5.32 Å². The van der Waals surface area contributed by atoms with Gasteiger partial charge in [0, 0.05) is 10.5 Å². The molecule has 1 N–H and O–H groups in total. The van der Waals surface area contributed by atoms with Gasteiger partial charge in [0.05, 0.1) is 6.54 Å². The van der Waals surface area contributed by atoms with Crippen LogP contribution < -0.4 is 10.1 Å². The summed E-state index contributed by atoms with van der Waals surface area (Å²) in [5.74, 6) is 0.627. The summed E-state index contributed by atoms with van der Waals surface area (Å²) in [6.07, 6.45) is -0.598. The lowest BCUT2D eigenvalue weighted by Crippen LogP contribution is -2.29. The van der Waals surface area contributed by atoms with E-state index < -0.39 is 12.1 Å². The van der Waals surface area contributed by atoms with Crippen molar-refractivity contribution < 1.29 is 23.8 Å². The van der Waals surface area contributed by atoms with Gasteiger partial charge in [0.1, 0.15) is 25.6 Å². The highest BCUT2D eigenvalue weighted by Gasteiger charge is 2.07. The molecule has 0 aliphatic heterocycles. The molecule has 0 aromatic heterocycles. The highest BCUT2D eigenvalue weighted by atomic mass is 32.1. The third kappa shape index (κ3) is 8.52. The number of benzene rings is 1. The Bertz CT molecular complexity index is 710. The van der Waals surface area contributed by atoms with Gasteiger partial charge in [-0.15, -0.1) is 12.6 Å². The number of alkyl carbamates (subject to hydrolysis) is 1. The van der Waals surface area contributed by atoms with Crippen molar-refractivity contribution in [1.29, 1.82) is 0 Å². The number of carbonyl (C=O) groups excluding carboxylic acids is 2. The summed E-state index contributed by atoms with van der Waals surface area (Å²) in [5.41, 5.74) is 2.57. The summed E-state index contributed by atoms with van der Waals surface area (Å²) in [4.78, 5) is 23.6. The maximum atomic E-state index is 11.5. The number of carbonyl (C=O) groups is 2. The largest absolute Gasteiger partial charge is 0.490 e. The minimum absolute atomic E-state index is 0.0570. The van der Waals surface area contributed by atoms with Crippen molar-refractivity contribution >= 4 is 29.6 Å². The fourth-order valence-corrected chi connectivity index (χ4v) is 2.38. The Morgan fingerprint density at radius 3 is 2.29 bits per heavy atom. The van der Waals surface area contributed by atoms with Crippen molar-refractivity contribution in [3.63, 3.8) is 0 Å². The van der Waals surface area contributed by atoms with Crippen LogP contribution in [-0.4, -0.2) is 38.4 Å². The zero-order chi connectivity index (χ0) is 21.1. The summed E-state index contributed by atoms with van der Waals surface area (Å²) in [6.45, 7) is 11.9. The molecular formula is C21H29NO5S. The van der Waals surface area contributed by atoms with Gasteiger partial charge >= 0.3 is 12.1 Å². The summed E-state index contributed by atoms with van der Waals surface area (Å²) < 4.78 is 15.4. The van der Waals surface area contributed by atoms with Gasteiger partial charge in [0.2, 0.25) is 0 Å². The van der Waals surface area contributed by atoms with E-state index in [9.17, 15) is 9.59 Å². The van der Waals surface area contributed by atoms with Gasteiger partial charge in [-0.05, 0) is 37.5 Å². The minimum Gasteiger partial charge on any atom is -0.490 e. The van der Waals surface area contributed by atoms with Crippen LogP contribution in [0.3, 0.4) is 0 Å². The molecule has 0 saturated carbocycles. The van der Waals surface area contributed by atoms with E-state index in [0.29, 0.717) is 17.2 Å². The molecule has 1 amide bonds. The third-order valence-electron chi connectivity index (χ3n) is 3.91. The first-order valence-corrected chi connectivity index (χ1v) is 9.53. The molecule has 0 unspecified atom stereocenters. The van der Waals surface area contributed by atoms with Crippen LogP contribution in [0.1, 0.15) is 33.3 Å². The monoisotopic (exact) mass is 407 g/mol. The minimum atomic E-state index is -0.598. The van der Waals surface area contributed by atoms with Gasteiger partial charge in [-0.3, -0.25) is 0 Å². The fraction of sp³-hybridized carbons (Fsp3) is 0.429. The molecule has 1 aromatic carbocycles. The maximum Gasteiger partial charge on any atom is 0.407 e. The number of rotatable bonds is 10. The Labute approximate surface area is 172 Å². The van der Waals surface area contributed by atoms with Crippen LogP contribution in [0, 0.1) is 5.92 Å². The predicted molar refractivity (Wildman–Crippen MR) is 113 cm³/mol. The van der Waals surface area contributed by atoms with Crippen molar-refractivity contribution in [2.24, 2.45) is 5.92 Å². The molecular weight excluding hydrogens is 378 g/mol. The fourth-order valence-electron chi connectivity index (χ4n) is 1.98. The first-order chi connectivity index (χ1) is 13.2. The number of esters is 1. The standard InChI is InChI=1S/C21H29NO5S/c1-14(2)16(5)19(28)17-6-8-18(9-7-17)25-12-13-27-21(24)22-10-11-26-20(23)15(3)4/h6-9,14,28H,3,10-13H2,1-2,4-5H3,(H,22,24)/b19-16+. The Kier molecular flexibility index (Phi) is 10.2. The number of allylic oxidation sites excluding steroid dienone is 1. The van der Waals surface area contributed by atoms with E-state index >= 15 is 0 Å². The lowest BCUT2D eigenvalue weighted by Gasteiger charge is -2.12. The molecule has 154 valence electrons. The molecule has 0 atom stereocenters. The summed E-state index contributed by atoms with van der Waals surface area (Å²) in [7, 11) is 0. The predicted octanol–water partition coefficient (Wildman–Crippen LogP) is 4.23. The third-order valence-corrected chi connectivity index (χ3v) is 4.52. The average molecular weight is 408 g/mol. The molecule has 0 aliphatic carbocycles. The molecule has 7 heteroatoms. The molecule has 6 nitrogen and oxygen atoms in total. The first-order valence-electron chi connectivity index (χ1n) is 9.08. The molecule has 0 heterocycles. The van der Waals surface area contributed by atoms with Crippen LogP contribution in [-0.2, 0) is 14.3 Å². The topological polar surface area (TPSA) is 73.9 Å². The van der Waals surface area contributed by atoms with Crippen molar-refractivity contribution in [3.05, 3.63) is 47.6 Å². The van der Waals surface area contributed by atoms with Gasteiger partial charge in [0.25, 0.3) is 0 Å². The lowest BCUT2D eigenvalue weighted by molar-refractivity contribution is -0.138. The second-order valence-electron chi connectivity index (χ2n) is 6.54. The zero-order valence-corrected chi connectivity index (χ0v) is 17.8. The lowest BCUT2D eigenvalue weighted by atomic mass is 10.0. The number of amides is 1. The van der Waals surface area contributed by atoms with E-state index in [0.717, 1.165) is 10.5 Å². The Morgan fingerprint density at radius 2 is 1.71 bits per heavy atom. The van der Waals surface area contributed by atoms with Crippen LogP contribution >= 0.6 is 12.6 Å². The van der Waals surface area contributed by atoms with Crippen LogP contribution in [0.15, 0.2) is 42.0 Å². The van der Waals surface area contributed by atoms with Crippen LogP contribution in [0.5, 0.6) is 5.75 Å². The highest BCUT2D eigenvalue weighted by molar-refractivity contribution is 7.90. The molecule has 1 rings (SSSR count).